The van der Waals surface area contributed by atoms with Gasteiger partial charge in [-0.2, -0.15) is 0 Å². The maximum absolute atomic E-state index is 11.4. The predicted octanol–water partition coefficient (Wildman–Crippen LogP) is 2.97. The Morgan fingerprint density at radius 1 is 1.11 bits per heavy atom. The summed E-state index contributed by atoms with van der Waals surface area (Å²) in [5, 5.41) is 2.78. The van der Waals surface area contributed by atoms with Crippen LogP contribution in [-0.4, -0.2) is 24.0 Å². The van der Waals surface area contributed by atoms with Crippen LogP contribution in [0.15, 0.2) is 12.2 Å². The summed E-state index contributed by atoms with van der Waals surface area (Å²) < 4.78 is 5.22. The fourth-order valence-electron chi connectivity index (χ4n) is 1.49. The highest BCUT2D eigenvalue weighted by molar-refractivity contribution is 5.91. The molecule has 0 aromatic heterocycles. The van der Waals surface area contributed by atoms with E-state index < -0.39 is 5.60 Å². The smallest absolute Gasteiger partial charge is 0.306 e. The average molecular weight is 269 g/mol. The minimum Gasteiger partial charge on any atom is -0.460 e. The van der Waals surface area contributed by atoms with E-state index in [0.29, 0.717) is 18.5 Å². The highest BCUT2D eigenvalue weighted by atomic mass is 16.6. The van der Waals surface area contributed by atoms with Gasteiger partial charge in [0.15, 0.2) is 0 Å². The molecule has 1 amide bonds. The number of carbonyl (C=O) groups is 2. The number of unbranched alkanes of at least 4 members (excludes halogenated alkanes) is 3. The van der Waals surface area contributed by atoms with Crippen molar-refractivity contribution >= 4 is 11.9 Å². The van der Waals surface area contributed by atoms with Gasteiger partial charge in [0.25, 0.3) is 0 Å². The maximum atomic E-state index is 11.4. The molecule has 0 fully saturated rings. The van der Waals surface area contributed by atoms with Crippen molar-refractivity contribution in [1.82, 2.24) is 5.32 Å². The second kappa shape index (κ2) is 8.73. The van der Waals surface area contributed by atoms with E-state index in [1.165, 1.54) is 0 Å². The first kappa shape index (κ1) is 17.7. The highest BCUT2D eigenvalue weighted by Crippen LogP contribution is 2.10. The molecule has 0 aliphatic heterocycles. The first-order chi connectivity index (χ1) is 8.72. The lowest BCUT2D eigenvalue weighted by Crippen LogP contribution is -2.24. The average Bonchev–Trinajstić information content (AvgIpc) is 2.24. The molecule has 0 aliphatic carbocycles. The molecule has 110 valence electrons. The molecule has 0 saturated heterocycles. The Hall–Kier alpha value is -1.32. The van der Waals surface area contributed by atoms with E-state index >= 15 is 0 Å². The van der Waals surface area contributed by atoms with Crippen molar-refractivity contribution < 1.29 is 14.3 Å². The molecule has 0 spiro atoms. The van der Waals surface area contributed by atoms with Gasteiger partial charge in [-0.1, -0.05) is 19.4 Å². The van der Waals surface area contributed by atoms with Gasteiger partial charge in [0.2, 0.25) is 5.91 Å². The number of hydrogen-bond acceptors (Lipinski definition) is 3. The summed E-state index contributed by atoms with van der Waals surface area (Å²) in [6, 6.07) is 0. The van der Waals surface area contributed by atoms with Crippen LogP contribution in [0.3, 0.4) is 0 Å². The minimum absolute atomic E-state index is 0.0891. The van der Waals surface area contributed by atoms with Crippen LogP contribution in [0, 0.1) is 0 Å². The van der Waals surface area contributed by atoms with Crippen LogP contribution in [-0.2, 0) is 14.3 Å². The highest BCUT2D eigenvalue weighted by Gasteiger charge is 2.15. The Morgan fingerprint density at radius 2 is 1.68 bits per heavy atom. The quantitative estimate of drug-likeness (QED) is 0.419. The largest absolute Gasteiger partial charge is 0.460 e. The van der Waals surface area contributed by atoms with Crippen molar-refractivity contribution in [3.05, 3.63) is 12.2 Å². The Balaban J connectivity index is 3.44. The summed E-state index contributed by atoms with van der Waals surface area (Å²) in [7, 11) is 0. The third-order valence-electron chi connectivity index (χ3n) is 2.40. The number of hydrogen-bond donors (Lipinski definition) is 1. The van der Waals surface area contributed by atoms with Gasteiger partial charge < -0.3 is 10.1 Å². The second-order valence-corrected chi connectivity index (χ2v) is 5.79. The molecule has 19 heavy (non-hydrogen) atoms. The van der Waals surface area contributed by atoms with Crippen LogP contribution < -0.4 is 5.32 Å². The lowest BCUT2D eigenvalue weighted by Gasteiger charge is -2.19. The lowest BCUT2D eigenvalue weighted by atomic mass is 10.1. The van der Waals surface area contributed by atoms with Crippen molar-refractivity contribution in [2.24, 2.45) is 0 Å². The molecule has 0 bridgehead atoms. The van der Waals surface area contributed by atoms with E-state index in [1.54, 1.807) is 6.92 Å². The van der Waals surface area contributed by atoms with Crippen LogP contribution in [0.1, 0.15) is 59.8 Å². The Kier molecular flexibility index (Phi) is 8.12. The zero-order valence-corrected chi connectivity index (χ0v) is 12.7. The van der Waals surface area contributed by atoms with Crippen LogP contribution in [0.5, 0.6) is 0 Å². The molecule has 1 N–H and O–H groups in total. The molecule has 0 unspecified atom stereocenters. The van der Waals surface area contributed by atoms with Gasteiger partial charge in [-0.25, -0.2) is 0 Å². The number of amides is 1. The van der Waals surface area contributed by atoms with Crippen molar-refractivity contribution in [1.29, 1.82) is 0 Å². The molecule has 0 rings (SSSR count). The van der Waals surface area contributed by atoms with Crippen LogP contribution in [0.25, 0.3) is 0 Å². The van der Waals surface area contributed by atoms with Crippen molar-refractivity contribution in [3.8, 4) is 0 Å². The van der Waals surface area contributed by atoms with Gasteiger partial charge in [-0.15, -0.1) is 0 Å². The van der Waals surface area contributed by atoms with Gasteiger partial charge in [0.05, 0.1) is 0 Å². The maximum Gasteiger partial charge on any atom is 0.306 e. The van der Waals surface area contributed by atoms with Gasteiger partial charge >= 0.3 is 5.97 Å². The molecule has 4 heteroatoms. The summed E-state index contributed by atoms with van der Waals surface area (Å²) in [5.41, 5.74) is 0.133. The molecule has 0 aromatic carbocycles. The molecule has 4 nitrogen and oxygen atoms in total. The zero-order valence-electron chi connectivity index (χ0n) is 12.7. The topological polar surface area (TPSA) is 55.4 Å². The first-order valence-corrected chi connectivity index (χ1v) is 6.88. The van der Waals surface area contributed by atoms with Crippen molar-refractivity contribution in [2.75, 3.05) is 6.54 Å². The molecular weight excluding hydrogens is 242 g/mol. The predicted molar refractivity (Wildman–Crippen MR) is 76.8 cm³/mol. The van der Waals surface area contributed by atoms with Crippen molar-refractivity contribution in [3.63, 3.8) is 0 Å². The summed E-state index contributed by atoms with van der Waals surface area (Å²) in [5.74, 6) is -0.225. The molecule has 0 aromatic rings. The van der Waals surface area contributed by atoms with Gasteiger partial charge in [-0.05, 0) is 40.5 Å². The third-order valence-corrected chi connectivity index (χ3v) is 2.40. The zero-order chi connectivity index (χ0) is 14.9. The molecule has 0 heterocycles. The summed E-state index contributed by atoms with van der Waals surface area (Å²) in [6.07, 6.45) is 4.20. The summed E-state index contributed by atoms with van der Waals surface area (Å²) in [4.78, 5) is 22.6. The van der Waals surface area contributed by atoms with E-state index in [1.807, 2.05) is 20.8 Å². The van der Waals surface area contributed by atoms with E-state index in [-0.39, 0.29) is 11.9 Å². The lowest BCUT2D eigenvalue weighted by molar-refractivity contribution is -0.154. The van der Waals surface area contributed by atoms with Crippen molar-refractivity contribution in [2.45, 2.75) is 65.4 Å². The molecule has 0 aliphatic rings. The Labute approximate surface area is 116 Å². The Morgan fingerprint density at radius 3 is 2.21 bits per heavy atom. The fourth-order valence-corrected chi connectivity index (χ4v) is 1.49. The van der Waals surface area contributed by atoms with E-state index in [4.69, 9.17) is 4.74 Å². The van der Waals surface area contributed by atoms with Gasteiger partial charge in [0.1, 0.15) is 5.60 Å². The molecular formula is C15H27NO3. The van der Waals surface area contributed by atoms with Crippen LogP contribution in [0.4, 0.5) is 0 Å². The van der Waals surface area contributed by atoms with Crippen LogP contribution >= 0.6 is 0 Å². The molecule has 0 radical (unpaired) electrons. The van der Waals surface area contributed by atoms with E-state index in [0.717, 1.165) is 25.7 Å². The third kappa shape index (κ3) is 11.5. The number of esters is 1. The van der Waals surface area contributed by atoms with E-state index in [2.05, 4.69) is 11.9 Å². The molecule has 0 atom stereocenters. The summed E-state index contributed by atoms with van der Waals surface area (Å²) >= 11 is 0. The molecule has 0 saturated carbocycles. The standard InChI is InChI=1S/C15H27NO3/c1-12(2)14(18)16-11-9-7-6-8-10-13(17)19-15(3,4)5/h1,6-11H2,2-5H3,(H,16,18). The van der Waals surface area contributed by atoms with Crippen LogP contribution in [0.2, 0.25) is 0 Å². The van der Waals surface area contributed by atoms with E-state index in [9.17, 15) is 9.59 Å². The monoisotopic (exact) mass is 269 g/mol. The normalized spacial score (nSPS) is 10.9. The minimum atomic E-state index is -0.399. The number of carbonyl (C=O) groups excluding carboxylic acids is 2. The number of ether oxygens (including phenoxy) is 1. The fraction of sp³-hybridized carbons (Fsp3) is 0.733. The number of rotatable bonds is 8. The van der Waals surface area contributed by atoms with Gasteiger partial charge in [-0.3, -0.25) is 9.59 Å². The second-order valence-electron chi connectivity index (χ2n) is 5.79. The number of nitrogens with one attached hydrogen (secondary N) is 1. The summed E-state index contributed by atoms with van der Waals surface area (Å²) in [6.45, 7) is 11.5. The SMILES string of the molecule is C=C(C)C(=O)NCCCCCCC(=O)OC(C)(C)C. The Bertz CT molecular complexity index is 316. The van der Waals surface area contributed by atoms with Gasteiger partial charge in [0, 0.05) is 18.5 Å². The first-order valence-electron chi connectivity index (χ1n) is 6.88.